The first-order valence-corrected chi connectivity index (χ1v) is 9.99. The van der Waals surface area contributed by atoms with E-state index in [9.17, 15) is 24.8 Å². The Bertz CT molecular complexity index is 964. The Hall–Kier alpha value is -3.21. The maximum absolute atomic E-state index is 12.9. The number of aromatic carboxylic acids is 1. The zero-order chi connectivity index (χ0) is 21.8. The van der Waals surface area contributed by atoms with Gasteiger partial charge in [-0.05, 0) is 25.0 Å². The van der Waals surface area contributed by atoms with Crippen molar-refractivity contribution in [3.63, 3.8) is 0 Å². The van der Waals surface area contributed by atoms with Crippen LogP contribution < -0.4 is 10.6 Å². The van der Waals surface area contributed by atoms with Crippen LogP contribution in [0.2, 0.25) is 0 Å². The normalized spacial score (nSPS) is 16.1. The second kappa shape index (κ2) is 9.08. The molecule has 0 unspecified atom stereocenters. The predicted molar refractivity (Wildman–Crippen MR) is 114 cm³/mol. The lowest BCUT2D eigenvalue weighted by Gasteiger charge is -2.34. The first-order chi connectivity index (χ1) is 14.3. The number of benzene rings is 1. The number of rotatable bonds is 6. The van der Waals surface area contributed by atoms with Crippen molar-refractivity contribution < 1.29 is 19.6 Å². The van der Waals surface area contributed by atoms with E-state index >= 15 is 0 Å². The number of nitro groups is 1. The Morgan fingerprint density at radius 2 is 2.10 bits per heavy atom. The Morgan fingerprint density at radius 1 is 1.33 bits per heavy atom. The largest absolute Gasteiger partial charge is 0.478 e. The molecule has 2 heterocycles. The highest BCUT2D eigenvalue weighted by molar-refractivity contribution is 9.10. The molecule has 1 amide bonds. The van der Waals surface area contributed by atoms with Gasteiger partial charge in [0.1, 0.15) is 5.69 Å². The number of piperidine rings is 1. The summed E-state index contributed by atoms with van der Waals surface area (Å²) in [6, 6.07) is 3.95. The first kappa shape index (κ1) is 21.5. The molecule has 0 radical (unpaired) electrons. The quantitative estimate of drug-likeness (QED) is 0.425. The van der Waals surface area contributed by atoms with Crippen molar-refractivity contribution in [3.8, 4) is 0 Å². The second-order valence-electron chi connectivity index (χ2n) is 6.86. The molecule has 1 aliphatic heterocycles. The number of anilines is 2. The maximum atomic E-state index is 12.9. The fraction of sp³-hybridized carbons (Fsp3) is 0.316. The minimum absolute atomic E-state index is 0.0613. The second-order valence-corrected chi connectivity index (χ2v) is 7.77. The van der Waals surface area contributed by atoms with E-state index in [0.29, 0.717) is 35.1 Å². The number of halogens is 1. The van der Waals surface area contributed by atoms with Crippen LogP contribution in [0.1, 0.15) is 33.6 Å². The van der Waals surface area contributed by atoms with Crippen LogP contribution >= 0.6 is 15.9 Å². The number of aromatic nitrogens is 1. The number of carbonyl (C=O) groups is 2. The standard InChI is InChI=1S/C19H20BrN5O5/c1-21-14-5-11(8-22-9-14)18(26)24-4-2-3-13(10-24)23-17-15(19(27)28)6-12(20)7-16(17)25(29)30/h5-9,13,21,23H,2-4,10H2,1H3,(H,27,28)/t13-/m1/s1. The lowest BCUT2D eigenvalue weighted by molar-refractivity contribution is -0.384. The van der Waals surface area contributed by atoms with E-state index < -0.39 is 10.9 Å². The third-order valence-electron chi connectivity index (χ3n) is 4.84. The molecule has 30 heavy (non-hydrogen) atoms. The summed E-state index contributed by atoms with van der Waals surface area (Å²) < 4.78 is 0.300. The van der Waals surface area contributed by atoms with Crippen LogP contribution in [-0.2, 0) is 0 Å². The van der Waals surface area contributed by atoms with Crippen LogP contribution in [0.5, 0.6) is 0 Å². The van der Waals surface area contributed by atoms with Crippen LogP contribution in [0.25, 0.3) is 0 Å². The lowest BCUT2D eigenvalue weighted by atomic mass is 10.0. The highest BCUT2D eigenvalue weighted by Gasteiger charge is 2.29. The van der Waals surface area contributed by atoms with E-state index in [4.69, 9.17) is 0 Å². The molecule has 1 aromatic carbocycles. The minimum atomic E-state index is -1.28. The van der Waals surface area contributed by atoms with Gasteiger partial charge in [0.15, 0.2) is 0 Å². The molecule has 1 aliphatic rings. The molecule has 11 heteroatoms. The van der Waals surface area contributed by atoms with E-state index in [1.165, 1.54) is 18.3 Å². The van der Waals surface area contributed by atoms with Gasteiger partial charge >= 0.3 is 5.97 Å². The molecule has 0 saturated carbocycles. The number of hydrogen-bond acceptors (Lipinski definition) is 7. The molecule has 10 nitrogen and oxygen atoms in total. The summed E-state index contributed by atoms with van der Waals surface area (Å²) in [4.78, 5) is 41.1. The number of likely N-dealkylation sites (tertiary alicyclic amines) is 1. The molecule has 1 atom stereocenters. The fourth-order valence-corrected chi connectivity index (χ4v) is 3.86. The highest BCUT2D eigenvalue weighted by atomic mass is 79.9. The fourth-order valence-electron chi connectivity index (χ4n) is 3.42. The van der Waals surface area contributed by atoms with Crippen LogP contribution in [0.4, 0.5) is 17.1 Å². The average molecular weight is 478 g/mol. The molecule has 0 bridgehead atoms. The number of carbonyl (C=O) groups excluding carboxylic acids is 1. The van der Waals surface area contributed by atoms with Crippen molar-refractivity contribution in [2.75, 3.05) is 30.8 Å². The molecular weight excluding hydrogens is 458 g/mol. The van der Waals surface area contributed by atoms with E-state index in [-0.39, 0.29) is 35.4 Å². The molecule has 3 N–H and O–H groups in total. The zero-order valence-corrected chi connectivity index (χ0v) is 17.7. The van der Waals surface area contributed by atoms with Crippen LogP contribution in [0.3, 0.4) is 0 Å². The number of nitrogens with one attached hydrogen (secondary N) is 2. The molecule has 2 aromatic rings. The van der Waals surface area contributed by atoms with Crippen molar-refractivity contribution in [1.29, 1.82) is 0 Å². The number of carboxylic acid groups (broad SMARTS) is 1. The number of pyridine rings is 1. The van der Waals surface area contributed by atoms with E-state index in [0.717, 1.165) is 0 Å². The van der Waals surface area contributed by atoms with Crippen molar-refractivity contribution >= 4 is 44.9 Å². The Morgan fingerprint density at radius 3 is 2.77 bits per heavy atom. The lowest BCUT2D eigenvalue weighted by Crippen LogP contribution is -2.45. The zero-order valence-electron chi connectivity index (χ0n) is 16.1. The van der Waals surface area contributed by atoms with Crippen molar-refractivity contribution in [1.82, 2.24) is 9.88 Å². The van der Waals surface area contributed by atoms with Gasteiger partial charge in [-0.2, -0.15) is 0 Å². The molecule has 1 fully saturated rings. The third-order valence-corrected chi connectivity index (χ3v) is 5.30. The van der Waals surface area contributed by atoms with Gasteiger partial charge in [-0.1, -0.05) is 15.9 Å². The number of nitrogens with zero attached hydrogens (tertiary/aromatic N) is 3. The summed E-state index contributed by atoms with van der Waals surface area (Å²) in [6.07, 6.45) is 4.42. The highest BCUT2D eigenvalue weighted by Crippen LogP contribution is 2.34. The van der Waals surface area contributed by atoms with Crippen LogP contribution in [0.15, 0.2) is 35.1 Å². The molecular formula is C19H20BrN5O5. The summed E-state index contributed by atoms with van der Waals surface area (Å²) in [5.41, 5.74) is 0.544. The molecule has 0 spiro atoms. The molecule has 0 aliphatic carbocycles. The van der Waals surface area contributed by atoms with Crippen molar-refractivity contribution in [3.05, 3.63) is 56.3 Å². The smallest absolute Gasteiger partial charge is 0.338 e. The summed E-state index contributed by atoms with van der Waals surface area (Å²) in [5, 5.41) is 26.9. The summed E-state index contributed by atoms with van der Waals surface area (Å²) >= 11 is 3.12. The Labute approximate surface area is 180 Å². The minimum Gasteiger partial charge on any atom is -0.478 e. The first-order valence-electron chi connectivity index (χ1n) is 9.20. The topological polar surface area (TPSA) is 138 Å². The van der Waals surface area contributed by atoms with Gasteiger partial charge in [0.05, 0.1) is 21.7 Å². The van der Waals surface area contributed by atoms with Crippen molar-refractivity contribution in [2.24, 2.45) is 0 Å². The van der Waals surface area contributed by atoms with Crippen LogP contribution in [0, 0.1) is 10.1 Å². The van der Waals surface area contributed by atoms with E-state index in [1.54, 1.807) is 24.2 Å². The Balaban J connectivity index is 1.84. The summed E-state index contributed by atoms with van der Waals surface area (Å²) in [7, 11) is 1.73. The van der Waals surface area contributed by atoms with Crippen molar-refractivity contribution in [2.45, 2.75) is 18.9 Å². The number of nitro benzene ring substituents is 1. The summed E-state index contributed by atoms with van der Waals surface area (Å²) in [6.45, 7) is 0.823. The van der Waals surface area contributed by atoms with Gasteiger partial charge < -0.3 is 20.6 Å². The molecule has 1 aromatic heterocycles. The number of amides is 1. The van der Waals surface area contributed by atoms with Gasteiger partial charge in [-0.15, -0.1) is 0 Å². The number of hydrogen-bond donors (Lipinski definition) is 3. The maximum Gasteiger partial charge on any atom is 0.338 e. The van der Waals surface area contributed by atoms with Gasteiger partial charge in [-0.3, -0.25) is 19.9 Å². The van der Waals surface area contributed by atoms with Gasteiger partial charge in [0.25, 0.3) is 11.6 Å². The molecule has 1 saturated heterocycles. The number of carboxylic acids is 1. The Kier molecular flexibility index (Phi) is 6.50. The predicted octanol–water partition coefficient (Wildman–Crippen LogP) is 3.21. The van der Waals surface area contributed by atoms with E-state index in [2.05, 4.69) is 31.5 Å². The van der Waals surface area contributed by atoms with Gasteiger partial charge in [-0.25, -0.2) is 4.79 Å². The van der Waals surface area contributed by atoms with Gasteiger partial charge in [0, 0.05) is 49.1 Å². The average Bonchev–Trinajstić information content (AvgIpc) is 2.74. The molecule has 158 valence electrons. The van der Waals surface area contributed by atoms with Gasteiger partial charge in [0.2, 0.25) is 0 Å². The third kappa shape index (κ3) is 4.67. The SMILES string of the molecule is CNc1cncc(C(=O)N2CCC[C@@H](Nc3c(C(=O)O)cc(Br)cc3[N+](=O)[O-])C2)c1. The monoisotopic (exact) mass is 477 g/mol. The molecule has 3 rings (SSSR count). The van der Waals surface area contributed by atoms with E-state index in [1.807, 2.05) is 0 Å². The van der Waals surface area contributed by atoms with Crippen LogP contribution in [-0.4, -0.2) is 58.0 Å². The summed E-state index contributed by atoms with van der Waals surface area (Å²) in [5.74, 6) is -1.48.